The molecule has 0 aliphatic heterocycles. The van der Waals surface area contributed by atoms with Crippen molar-refractivity contribution in [3.05, 3.63) is 29.8 Å². The molecule has 0 bridgehead atoms. The second kappa shape index (κ2) is 5.40. The third kappa shape index (κ3) is 2.79. The highest BCUT2D eigenvalue weighted by molar-refractivity contribution is 7.91. The van der Waals surface area contributed by atoms with Crippen LogP contribution < -0.4 is 16.6 Å². The molecule has 0 fully saturated rings. The van der Waals surface area contributed by atoms with Crippen molar-refractivity contribution in [3.8, 4) is 0 Å². The number of hydrazine groups is 1. The van der Waals surface area contributed by atoms with Crippen LogP contribution in [0.15, 0.2) is 29.2 Å². The predicted octanol–water partition coefficient (Wildman–Crippen LogP) is 0.162. The summed E-state index contributed by atoms with van der Waals surface area (Å²) in [6.07, 6.45) is -0.182. The Morgan fingerprint density at radius 1 is 1.31 bits per heavy atom. The Hall–Kier alpha value is -0.950. The molecule has 6 heteroatoms. The molecule has 0 saturated heterocycles. The van der Waals surface area contributed by atoms with Gasteiger partial charge in [0.1, 0.15) is 0 Å². The number of hydrogen-bond acceptors (Lipinski definition) is 5. The van der Waals surface area contributed by atoms with Crippen molar-refractivity contribution in [1.29, 1.82) is 0 Å². The van der Waals surface area contributed by atoms with Crippen molar-refractivity contribution in [1.82, 2.24) is 10.7 Å². The van der Waals surface area contributed by atoms with Crippen molar-refractivity contribution in [2.24, 2.45) is 5.84 Å². The largest absolute Gasteiger partial charge is 0.300 e. The summed E-state index contributed by atoms with van der Waals surface area (Å²) in [5, 5.41) is 2.95. The molecule has 0 amide bonds. The SMILES string of the molecule is CCS(=O)(=O)c1ccc(C(NC)NN)cc1. The lowest BCUT2D eigenvalue weighted by Gasteiger charge is -2.15. The molecule has 0 heterocycles. The van der Waals surface area contributed by atoms with Crippen molar-refractivity contribution < 1.29 is 8.42 Å². The number of nitrogens with one attached hydrogen (secondary N) is 2. The molecule has 0 spiro atoms. The number of nitrogens with two attached hydrogens (primary N) is 1. The highest BCUT2D eigenvalue weighted by Gasteiger charge is 2.12. The van der Waals surface area contributed by atoms with E-state index in [-0.39, 0.29) is 11.9 Å². The van der Waals surface area contributed by atoms with E-state index in [0.717, 1.165) is 5.56 Å². The number of hydrogen-bond donors (Lipinski definition) is 3. The van der Waals surface area contributed by atoms with Gasteiger partial charge in [0.25, 0.3) is 0 Å². The molecule has 1 atom stereocenters. The molecule has 1 rings (SSSR count). The average Bonchev–Trinajstić information content (AvgIpc) is 2.31. The highest BCUT2D eigenvalue weighted by atomic mass is 32.2. The first-order chi connectivity index (χ1) is 7.55. The van der Waals surface area contributed by atoms with Crippen LogP contribution >= 0.6 is 0 Å². The minimum absolute atomic E-state index is 0.108. The van der Waals surface area contributed by atoms with Crippen molar-refractivity contribution in [2.45, 2.75) is 18.0 Å². The van der Waals surface area contributed by atoms with Gasteiger partial charge in [0.05, 0.1) is 16.8 Å². The molecular weight excluding hydrogens is 226 g/mol. The van der Waals surface area contributed by atoms with Gasteiger partial charge in [0.15, 0.2) is 9.84 Å². The van der Waals surface area contributed by atoms with Crippen LogP contribution in [0.1, 0.15) is 18.7 Å². The summed E-state index contributed by atoms with van der Waals surface area (Å²) in [5.74, 6) is 5.44. The molecule has 16 heavy (non-hydrogen) atoms. The molecule has 0 aliphatic carbocycles. The third-order valence-electron chi connectivity index (χ3n) is 2.41. The maximum Gasteiger partial charge on any atom is 0.178 e. The molecule has 1 aromatic rings. The van der Waals surface area contributed by atoms with Gasteiger partial charge in [-0.25, -0.2) is 13.8 Å². The minimum Gasteiger partial charge on any atom is -0.300 e. The summed E-state index contributed by atoms with van der Waals surface area (Å²) in [4.78, 5) is 0.339. The van der Waals surface area contributed by atoms with Crippen LogP contribution in [0.3, 0.4) is 0 Å². The standard InChI is InChI=1S/C10H17N3O2S/c1-3-16(14,15)9-6-4-8(5-7-9)10(12-2)13-11/h4-7,10,12-13H,3,11H2,1-2H3. The van der Waals surface area contributed by atoms with Crippen LogP contribution in [0.4, 0.5) is 0 Å². The van der Waals surface area contributed by atoms with E-state index in [1.807, 2.05) is 0 Å². The summed E-state index contributed by atoms with van der Waals surface area (Å²) in [6.45, 7) is 1.63. The first-order valence-corrected chi connectivity index (χ1v) is 6.66. The second-order valence-corrected chi connectivity index (χ2v) is 5.64. The zero-order valence-electron chi connectivity index (χ0n) is 9.40. The summed E-state index contributed by atoms with van der Waals surface area (Å²) in [5.41, 5.74) is 3.47. The predicted molar refractivity (Wildman–Crippen MR) is 63.3 cm³/mol. The van der Waals surface area contributed by atoms with Crippen LogP contribution in [0.2, 0.25) is 0 Å². The lowest BCUT2D eigenvalue weighted by Crippen LogP contribution is -2.36. The van der Waals surface area contributed by atoms with Gasteiger partial charge < -0.3 is 5.32 Å². The quantitative estimate of drug-likeness (QED) is 0.390. The summed E-state index contributed by atoms with van der Waals surface area (Å²) in [6, 6.07) is 6.67. The molecule has 1 aromatic carbocycles. The first-order valence-electron chi connectivity index (χ1n) is 5.01. The van der Waals surface area contributed by atoms with Crippen LogP contribution in [-0.2, 0) is 9.84 Å². The molecule has 0 aromatic heterocycles. The highest BCUT2D eigenvalue weighted by Crippen LogP contribution is 2.15. The van der Waals surface area contributed by atoms with Crippen molar-refractivity contribution >= 4 is 9.84 Å². The maximum absolute atomic E-state index is 11.6. The molecule has 5 nitrogen and oxygen atoms in total. The van der Waals surface area contributed by atoms with Crippen LogP contribution in [0, 0.1) is 0 Å². The van der Waals surface area contributed by atoms with Gasteiger partial charge in [-0.3, -0.25) is 5.84 Å². The Morgan fingerprint density at radius 2 is 1.88 bits per heavy atom. The van der Waals surface area contributed by atoms with Gasteiger partial charge in [0, 0.05) is 0 Å². The topological polar surface area (TPSA) is 84.2 Å². The Kier molecular flexibility index (Phi) is 4.43. The lowest BCUT2D eigenvalue weighted by molar-refractivity contribution is 0.488. The summed E-state index contributed by atoms with van der Waals surface area (Å²) >= 11 is 0. The van der Waals surface area contributed by atoms with E-state index >= 15 is 0 Å². The molecule has 4 N–H and O–H groups in total. The maximum atomic E-state index is 11.6. The fourth-order valence-electron chi connectivity index (χ4n) is 1.38. The van der Waals surface area contributed by atoms with E-state index in [1.165, 1.54) is 0 Å². The minimum atomic E-state index is -3.13. The van der Waals surface area contributed by atoms with E-state index < -0.39 is 9.84 Å². The monoisotopic (exact) mass is 243 g/mol. The van der Waals surface area contributed by atoms with Gasteiger partial charge in [-0.2, -0.15) is 0 Å². The zero-order valence-corrected chi connectivity index (χ0v) is 10.2. The molecular formula is C10H17N3O2S. The fourth-order valence-corrected chi connectivity index (χ4v) is 2.26. The van der Waals surface area contributed by atoms with Crippen LogP contribution in [0.5, 0.6) is 0 Å². The molecule has 0 aliphatic rings. The van der Waals surface area contributed by atoms with E-state index in [9.17, 15) is 8.42 Å². The summed E-state index contributed by atoms with van der Waals surface area (Å²) in [7, 11) is -1.36. The Labute approximate surface area is 95.9 Å². The van der Waals surface area contributed by atoms with Crippen molar-refractivity contribution in [3.63, 3.8) is 0 Å². The second-order valence-electron chi connectivity index (χ2n) is 3.36. The Bertz CT molecular complexity index is 424. The smallest absolute Gasteiger partial charge is 0.178 e. The Morgan fingerprint density at radius 3 is 2.25 bits per heavy atom. The van der Waals surface area contributed by atoms with Crippen LogP contribution in [0.25, 0.3) is 0 Å². The summed E-state index contributed by atoms with van der Waals surface area (Å²) < 4.78 is 23.1. The van der Waals surface area contributed by atoms with Gasteiger partial charge in [-0.1, -0.05) is 19.1 Å². The number of sulfone groups is 1. The van der Waals surface area contributed by atoms with Gasteiger partial charge in [0.2, 0.25) is 0 Å². The van der Waals surface area contributed by atoms with Gasteiger partial charge in [-0.15, -0.1) is 0 Å². The van der Waals surface area contributed by atoms with E-state index in [0.29, 0.717) is 4.90 Å². The molecule has 90 valence electrons. The third-order valence-corrected chi connectivity index (χ3v) is 4.16. The van der Waals surface area contributed by atoms with E-state index in [1.54, 1.807) is 38.2 Å². The Balaban J connectivity index is 3.00. The molecule has 0 saturated carbocycles. The average molecular weight is 243 g/mol. The first kappa shape index (κ1) is 13.1. The van der Waals surface area contributed by atoms with Gasteiger partial charge >= 0.3 is 0 Å². The normalized spacial score (nSPS) is 13.7. The zero-order chi connectivity index (χ0) is 12.2. The van der Waals surface area contributed by atoms with Crippen molar-refractivity contribution in [2.75, 3.05) is 12.8 Å². The fraction of sp³-hybridized carbons (Fsp3) is 0.400. The van der Waals surface area contributed by atoms with E-state index in [4.69, 9.17) is 5.84 Å². The van der Waals surface area contributed by atoms with Gasteiger partial charge in [-0.05, 0) is 24.7 Å². The number of benzene rings is 1. The lowest BCUT2D eigenvalue weighted by atomic mass is 10.2. The number of rotatable bonds is 5. The molecule has 0 radical (unpaired) electrons. The van der Waals surface area contributed by atoms with E-state index in [2.05, 4.69) is 10.7 Å². The van der Waals surface area contributed by atoms with Crippen LogP contribution in [-0.4, -0.2) is 21.2 Å². The molecule has 1 unspecified atom stereocenters.